The number of alkyl halides is 2. The van der Waals surface area contributed by atoms with Gasteiger partial charge in [0.1, 0.15) is 5.56 Å². The zero-order chi connectivity index (χ0) is 17.7. The molecule has 6 nitrogen and oxygen atoms in total. The molecule has 8 heteroatoms. The molecule has 0 aromatic carbocycles. The molecule has 0 aliphatic rings. The third kappa shape index (κ3) is 4.32. The first kappa shape index (κ1) is 19.6. The molecule has 0 saturated carbocycles. The van der Waals surface area contributed by atoms with Gasteiger partial charge in [-0.1, -0.05) is 13.8 Å². The van der Waals surface area contributed by atoms with E-state index < -0.39 is 23.0 Å². The van der Waals surface area contributed by atoms with Crippen LogP contribution in [0.3, 0.4) is 0 Å². The maximum atomic E-state index is 12.5. The molecule has 1 heterocycles. The number of Topliss-reactive ketones (excluding diaryl/α,β-unsaturated/α-hetero) is 1. The lowest BCUT2D eigenvalue weighted by atomic mass is 9.89. The van der Waals surface area contributed by atoms with Crippen LogP contribution in [-0.4, -0.2) is 41.4 Å². The molecule has 0 radical (unpaired) electrons. The lowest BCUT2D eigenvalue weighted by molar-refractivity contribution is 0.0908. The molecule has 1 aromatic rings. The van der Waals surface area contributed by atoms with E-state index in [9.17, 15) is 14.7 Å². The average Bonchev–Trinajstić information content (AvgIpc) is 2.52. The van der Waals surface area contributed by atoms with Crippen LogP contribution in [0.15, 0.2) is 4.79 Å². The normalized spacial score (nSPS) is 14.9. The minimum atomic E-state index is -0.732. The van der Waals surface area contributed by atoms with Gasteiger partial charge in [0, 0.05) is 17.2 Å². The van der Waals surface area contributed by atoms with E-state index >= 15 is 0 Å². The largest absolute Gasteiger partial charge is 0.503 e. The van der Waals surface area contributed by atoms with E-state index in [1.807, 2.05) is 6.92 Å². The van der Waals surface area contributed by atoms with Crippen LogP contribution in [0, 0.1) is 11.8 Å². The van der Waals surface area contributed by atoms with Gasteiger partial charge in [0.15, 0.2) is 11.5 Å². The van der Waals surface area contributed by atoms with E-state index in [0.717, 1.165) is 0 Å². The molecule has 130 valence electrons. The fourth-order valence-electron chi connectivity index (χ4n) is 2.32. The Morgan fingerprint density at radius 3 is 2.39 bits per heavy atom. The van der Waals surface area contributed by atoms with Crippen LogP contribution >= 0.6 is 23.2 Å². The van der Waals surface area contributed by atoms with Gasteiger partial charge in [-0.3, -0.25) is 14.6 Å². The Morgan fingerprint density at radius 1 is 1.30 bits per heavy atom. The molecule has 0 spiro atoms. The van der Waals surface area contributed by atoms with E-state index in [1.165, 1.54) is 14.2 Å². The highest BCUT2D eigenvalue weighted by Gasteiger charge is 2.29. The van der Waals surface area contributed by atoms with Gasteiger partial charge in [0.05, 0.1) is 14.2 Å². The van der Waals surface area contributed by atoms with Gasteiger partial charge >= 0.3 is 0 Å². The third-order valence-corrected chi connectivity index (χ3v) is 4.78. The number of pyridine rings is 1. The summed E-state index contributed by atoms with van der Waals surface area (Å²) in [6.45, 7) is 3.55. The second-order valence-corrected chi connectivity index (χ2v) is 6.26. The Balaban J connectivity index is 3.15. The van der Waals surface area contributed by atoms with Crippen LogP contribution in [0.4, 0.5) is 0 Å². The van der Waals surface area contributed by atoms with Gasteiger partial charge in [-0.25, -0.2) is 0 Å². The Hall–Kier alpha value is -1.40. The minimum absolute atomic E-state index is 0.0190. The number of methoxy groups -OCH3 is 2. The highest BCUT2D eigenvalue weighted by Crippen LogP contribution is 2.36. The second kappa shape index (κ2) is 8.45. The lowest BCUT2D eigenvalue weighted by Crippen LogP contribution is -2.26. The number of carbonyl (C=O) groups excluding carboxylic acids is 1. The summed E-state index contributed by atoms with van der Waals surface area (Å²) in [6, 6.07) is 0. The number of rotatable bonds is 8. The van der Waals surface area contributed by atoms with E-state index in [0.29, 0.717) is 6.42 Å². The molecular weight excluding hydrogens is 345 g/mol. The zero-order valence-corrected chi connectivity index (χ0v) is 15.0. The summed E-state index contributed by atoms with van der Waals surface area (Å²) < 4.78 is 9.91. The SMILES string of the molecule is COc1[nH]c(=O)c(C(=O)[C@H](C)C[C@H](C)[C@@H](Cl)CCl)c(O)c1OC. The summed E-state index contributed by atoms with van der Waals surface area (Å²) in [4.78, 5) is 27.0. The number of aromatic hydroxyl groups is 1. The molecular formula is C15H21Cl2NO5. The number of hydrogen-bond donors (Lipinski definition) is 2. The summed E-state index contributed by atoms with van der Waals surface area (Å²) in [5.41, 5.74) is -1.08. The first-order valence-corrected chi connectivity index (χ1v) is 8.06. The van der Waals surface area contributed by atoms with Crippen LogP contribution in [-0.2, 0) is 0 Å². The number of H-pyrrole nitrogens is 1. The van der Waals surface area contributed by atoms with Gasteiger partial charge in [-0.05, 0) is 12.3 Å². The topological polar surface area (TPSA) is 88.6 Å². The fourth-order valence-corrected chi connectivity index (χ4v) is 2.73. The van der Waals surface area contributed by atoms with Crippen molar-refractivity contribution in [3.05, 3.63) is 15.9 Å². The maximum absolute atomic E-state index is 12.5. The molecule has 23 heavy (non-hydrogen) atoms. The Kier molecular flexibility index (Phi) is 7.22. The van der Waals surface area contributed by atoms with Crippen molar-refractivity contribution in [1.82, 2.24) is 4.98 Å². The number of hydrogen-bond acceptors (Lipinski definition) is 5. The Morgan fingerprint density at radius 2 is 1.91 bits per heavy atom. The minimum Gasteiger partial charge on any atom is -0.503 e. The van der Waals surface area contributed by atoms with Crippen molar-refractivity contribution in [2.45, 2.75) is 25.6 Å². The summed E-state index contributed by atoms with van der Waals surface area (Å²) in [7, 11) is 2.61. The number of carbonyl (C=O) groups is 1. The first-order chi connectivity index (χ1) is 10.8. The van der Waals surface area contributed by atoms with Crippen LogP contribution in [0.5, 0.6) is 17.4 Å². The van der Waals surface area contributed by atoms with Crippen molar-refractivity contribution in [2.24, 2.45) is 11.8 Å². The van der Waals surface area contributed by atoms with E-state index in [-0.39, 0.29) is 34.4 Å². The maximum Gasteiger partial charge on any atom is 0.265 e. The van der Waals surface area contributed by atoms with E-state index in [1.54, 1.807) is 6.92 Å². The number of ketones is 1. The Bertz CT molecular complexity index is 617. The van der Waals surface area contributed by atoms with Crippen LogP contribution in [0.1, 0.15) is 30.6 Å². The number of aromatic nitrogens is 1. The van der Waals surface area contributed by atoms with Crippen molar-refractivity contribution in [1.29, 1.82) is 0 Å². The number of halogens is 2. The molecule has 3 atom stereocenters. The molecule has 1 aromatic heterocycles. The number of ether oxygens (including phenoxy) is 2. The molecule has 0 bridgehead atoms. The molecule has 0 unspecified atom stereocenters. The van der Waals surface area contributed by atoms with Crippen molar-refractivity contribution in [3.63, 3.8) is 0 Å². The van der Waals surface area contributed by atoms with Gasteiger partial charge in [-0.15, -0.1) is 23.2 Å². The Labute approximate surface area is 144 Å². The van der Waals surface area contributed by atoms with Crippen LogP contribution < -0.4 is 15.0 Å². The van der Waals surface area contributed by atoms with Crippen LogP contribution in [0.2, 0.25) is 0 Å². The molecule has 0 aliphatic heterocycles. The molecule has 0 fully saturated rings. The van der Waals surface area contributed by atoms with Gasteiger partial charge in [0.25, 0.3) is 5.56 Å². The second-order valence-electron chi connectivity index (χ2n) is 5.39. The standard InChI is InChI=1S/C15H21Cl2NO5/c1-7(9(17)6-16)5-8(2)11(19)10-12(20)13(22-3)15(23-4)18-14(10)21/h7-9H,5-6H2,1-4H3,(H2,18,20,21)/t7-,8+,9-/m0/s1. The van der Waals surface area contributed by atoms with E-state index in [4.69, 9.17) is 32.7 Å². The fraction of sp³-hybridized carbons (Fsp3) is 0.600. The zero-order valence-electron chi connectivity index (χ0n) is 13.5. The predicted molar refractivity (Wildman–Crippen MR) is 89.5 cm³/mol. The van der Waals surface area contributed by atoms with E-state index in [2.05, 4.69) is 4.98 Å². The molecule has 0 aliphatic carbocycles. The highest BCUT2D eigenvalue weighted by molar-refractivity contribution is 6.28. The summed E-state index contributed by atoms with van der Waals surface area (Å²) in [6.07, 6.45) is 0.437. The third-order valence-electron chi connectivity index (χ3n) is 3.70. The number of nitrogens with one attached hydrogen (secondary N) is 1. The van der Waals surface area contributed by atoms with Crippen molar-refractivity contribution < 1.29 is 19.4 Å². The predicted octanol–water partition coefficient (Wildman–Crippen LogP) is 2.79. The highest BCUT2D eigenvalue weighted by atomic mass is 35.5. The van der Waals surface area contributed by atoms with Crippen LogP contribution in [0.25, 0.3) is 0 Å². The van der Waals surface area contributed by atoms with Crippen molar-refractivity contribution in [3.8, 4) is 17.4 Å². The molecule has 2 N–H and O–H groups in total. The molecule has 1 rings (SSSR count). The smallest absolute Gasteiger partial charge is 0.265 e. The summed E-state index contributed by atoms with van der Waals surface area (Å²) >= 11 is 11.8. The van der Waals surface area contributed by atoms with Crippen molar-refractivity contribution in [2.75, 3.05) is 20.1 Å². The monoisotopic (exact) mass is 365 g/mol. The molecule has 0 amide bonds. The first-order valence-electron chi connectivity index (χ1n) is 7.09. The van der Waals surface area contributed by atoms with Crippen molar-refractivity contribution >= 4 is 29.0 Å². The quantitative estimate of drug-likeness (QED) is 0.546. The average molecular weight is 366 g/mol. The molecule has 0 saturated heterocycles. The lowest BCUT2D eigenvalue weighted by Gasteiger charge is -2.20. The van der Waals surface area contributed by atoms with Gasteiger partial charge < -0.3 is 14.6 Å². The summed E-state index contributed by atoms with van der Waals surface area (Å²) in [5, 5.41) is 9.92. The summed E-state index contributed by atoms with van der Waals surface area (Å²) in [5.74, 6) is -1.42. The number of aromatic amines is 1. The van der Waals surface area contributed by atoms with Gasteiger partial charge in [0.2, 0.25) is 11.6 Å². The van der Waals surface area contributed by atoms with Gasteiger partial charge in [-0.2, -0.15) is 0 Å².